The molecule has 1 heterocycles. The van der Waals surface area contributed by atoms with E-state index in [-0.39, 0.29) is 11.7 Å². The van der Waals surface area contributed by atoms with Gasteiger partial charge in [0.1, 0.15) is 38.5 Å². The van der Waals surface area contributed by atoms with Crippen molar-refractivity contribution in [3.63, 3.8) is 0 Å². The molecule has 1 saturated heterocycles. The fourth-order valence-corrected chi connectivity index (χ4v) is 3.60. The molecule has 148 valence electrons. The third-order valence-electron chi connectivity index (χ3n) is 5.11. The number of nitrogens with one attached hydrogen (secondary N) is 3. The maximum atomic E-state index is 12.2. The summed E-state index contributed by atoms with van der Waals surface area (Å²) >= 11 is 6.26. The van der Waals surface area contributed by atoms with Crippen LogP contribution in [-0.4, -0.2) is 49.4 Å². The van der Waals surface area contributed by atoms with Crippen LogP contribution in [0.2, 0.25) is 5.02 Å². The van der Waals surface area contributed by atoms with Gasteiger partial charge in [-0.2, -0.15) is 5.10 Å². The van der Waals surface area contributed by atoms with Gasteiger partial charge in [0.25, 0.3) is 5.91 Å². The molecule has 1 amide bonds. The Balaban J connectivity index is 1.43. The third-order valence-corrected chi connectivity index (χ3v) is 5.48. The highest BCUT2D eigenvalue weighted by Gasteiger charge is 2.25. The maximum absolute atomic E-state index is 12.2. The Morgan fingerprint density at radius 3 is 2.39 bits per heavy atom. The Morgan fingerprint density at radius 2 is 1.71 bits per heavy atom. The molecule has 4 N–H and O–H groups in total. The number of hydrogen-bond acceptors (Lipinski definition) is 3. The van der Waals surface area contributed by atoms with E-state index in [2.05, 4.69) is 16.6 Å². The first-order valence-electron chi connectivity index (χ1n) is 9.54. The smallest absolute Gasteiger partial charge is 0.295 e. The summed E-state index contributed by atoms with van der Waals surface area (Å²) in [5.74, 6) is 0.127. The number of quaternary nitrogens is 2. The molecule has 1 aliphatic rings. The lowest BCUT2D eigenvalue weighted by atomic mass is 10.1. The molecule has 28 heavy (non-hydrogen) atoms. The Bertz CT molecular complexity index is 831. The van der Waals surface area contributed by atoms with Crippen LogP contribution in [0.4, 0.5) is 0 Å². The first-order valence-corrected chi connectivity index (χ1v) is 9.92. The number of halogens is 1. The number of amides is 1. The molecule has 0 aliphatic carbocycles. The summed E-state index contributed by atoms with van der Waals surface area (Å²) < 4.78 is 0. The van der Waals surface area contributed by atoms with Gasteiger partial charge in [0.2, 0.25) is 0 Å². The molecule has 7 heteroatoms. The molecule has 0 aromatic heterocycles. The summed E-state index contributed by atoms with van der Waals surface area (Å²) in [6, 6.07) is 14.7. The molecule has 0 spiro atoms. The van der Waals surface area contributed by atoms with E-state index in [0.29, 0.717) is 12.3 Å². The largest absolute Gasteiger partial charge is 0.508 e. The monoisotopic (exact) mass is 402 g/mol. The second kappa shape index (κ2) is 9.68. The van der Waals surface area contributed by atoms with Crippen molar-refractivity contribution in [2.24, 2.45) is 5.10 Å². The topological polar surface area (TPSA) is 70.6 Å². The molecule has 0 unspecified atom stereocenters. The highest BCUT2D eigenvalue weighted by atomic mass is 35.5. The zero-order valence-corrected chi connectivity index (χ0v) is 16.8. The van der Waals surface area contributed by atoms with Crippen LogP contribution in [0.25, 0.3) is 0 Å². The minimum absolute atomic E-state index is 0.0808. The third kappa shape index (κ3) is 5.79. The highest BCUT2D eigenvalue weighted by Crippen LogP contribution is 2.13. The summed E-state index contributed by atoms with van der Waals surface area (Å²) in [5, 5.41) is 14.3. The van der Waals surface area contributed by atoms with Crippen LogP contribution in [-0.2, 0) is 11.3 Å². The number of carbonyl (C=O) groups excluding carboxylic acids is 1. The molecule has 3 rings (SSSR count). The number of phenolic OH excluding ortho intramolecular Hbond substituents is 1. The summed E-state index contributed by atoms with van der Waals surface area (Å²) in [6.45, 7) is 7.12. The zero-order chi connectivity index (χ0) is 19.9. The average molecular weight is 403 g/mol. The fourth-order valence-electron chi connectivity index (χ4n) is 3.40. The summed E-state index contributed by atoms with van der Waals surface area (Å²) in [5.41, 5.74) is 5.39. The SMILES string of the molecule is C/C(=N\NC(=O)C[NH+]1CC[NH+](Cc2ccccc2Cl)CC1)c1ccc(O)cc1. The van der Waals surface area contributed by atoms with E-state index in [1.807, 2.05) is 25.1 Å². The lowest BCUT2D eigenvalue weighted by molar-refractivity contribution is -1.02. The fraction of sp³-hybridized carbons (Fsp3) is 0.333. The number of piperazine rings is 1. The first-order chi connectivity index (χ1) is 13.5. The van der Waals surface area contributed by atoms with E-state index < -0.39 is 0 Å². The van der Waals surface area contributed by atoms with Crippen LogP contribution in [0.1, 0.15) is 18.1 Å². The van der Waals surface area contributed by atoms with Crippen molar-refractivity contribution >= 4 is 23.2 Å². The van der Waals surface area contributed by atoms with Crippen LogP contribution in [0.5, 0.6) is 5.75 Å². The molecule has 0 radical (unpaired) electrons. The highest BCUT2D eigenvalue weighted by molar-refractivity contribution is 6.31. The number of benzene rings is 2. The summed E-state index contributed by atoms with van der Waals surface area (Å²) in [6.07, 6.45) is 0. The molecule has 2 aromatic rings. The number of hydrazone groups is 1. The van der Waals surface area contributed by atoms with Crippen LogP contribution in [0.15, 0.2) is 53.6 Å². The van der Waals surface area contributed by atoms with Gasteiger partial charge in [-0.05, 0) is 42.8 Å². The van der Waals surface area contributed by atoms with E-state index in [1.54, 1.807) is 24.3 Å². The number of hydrogen-bond donors (Lipinski definition) is 4. The molecular weight excluding hydrogens is 376 g/mol. The molecule has 0 atom stereocenters. The van der Waals surface area contributed by atoms with E-state index >= 15 is 0 Å². The minimum atomic E-state index is -0.0808. The Morgan fingerprint density at radius 1 is 1.07 bits per heavy atom. The van der Waals surface area contributed by atoms with Gasteiger partial charge in [-0.25, -0.2) is 5.43 Å². The van der Waals surface area contributed by atoms with Crippen LogP contribution in [0.3, 0.4) is 0 Å². The average Bonchev–Trinajstić information content (AvgIpc) is 2.70. The second-order valence-electron chi connectivity index (χ2n) is 7.22. The molecule has 2 aromatic carbocycles. The van der Waals surface area contributed by atoms with Gasteiger partial charge in [-0.15, -0.1) is 0 Å². The van der Waals surface area contributed by atoms with Crippen LogP contribution < -0.4 is 15.2 Å². The predicted octanol–water partition coefficient (Wildman–Crippen LogP) is -0.131. The molecule has 0 bridgehead atoms. The maximum Gasteiger partial charge on any atom is 0.295 e. The Labute approximate surface area is 170 Å². The Kier molecular flexibility index (Phi) is 7.03. The van der Waals surface area contributed by atoms with Gasteiger partial charge in [0.15, 0.2) is 6.54 Å². The van der Waals surface area contributed by atoms with Gasteiger partial charge < -0.3 is 14.9 Å². The van der Waals surface area contributed by atoms with Crippen molar-refractivity contribution in [1.29, 1.82) is 0 Å². The van der Waals surface area contributed by atoms with Crippen molar-refractivity contribution in [2.75, 3.05) is 32.7 Å². The van der Waals surface area contributed by atoms with Gasteiger partial charge in [-0.3, -0.25) is 4.79 Å². The van der Waals surface area contributed by atoms with Gasteiger partial charge in [0.05, 0.1) is 5.71 Å². The Hall–Kier alpha value is -2.41. The van der Waals surface area contributed by atoms with Gasteiger partial charge >= 0.3 is 0 Å². The van der Waals surface area contributed by atoms with Crippen molar-refractivity contribution in [3.05, 3.63) is 64.7 Å². The lowest BCUT2D eigenvalue weighted by Crippen LogP contribution is -3.28. The molecule has 0 saturated carbocycles. The molecule has 1 aliphatic heterocycles. The van der Waals surface area contributed by atoms with Crippen molar-refractivity contribution in [3.8, 4) is 5.75 Å². The predicted molar refractivity (Wildman–Crippen MR) is 110 cm³/mol. The van der Waals surface area contributed by atoms with Crippen molar-refractivity contribution in [2.45, 2.75) is 13.5 Å². The van der Waals surface area contributed by atoms with Crippen molar-refractivity contribution in [1.82, 2.24) is 5.43 Å². The van der Waals surface area contributed by atoms with Crippen LogP contribution in [0, 0.1) is 0 Å². The number of nitrogens with zero attached hydrogens (tertiary/aromatic N) is 1. The summed E-state index contributed by atoms with van der Waals surface area (Å²) in [4.78, 5) is 15.0. The van der Waals surface area contributed by atoms with E-state index in [4.69, 9.17) is 11.6 Å². The van der Waals surface area contributed by atoms with E-state index in [1.165, 1.54) is 15.4 Å². The molecule has 1 fully saturated rings. The molecular formula is C21H27ClN4O2+2. The zero-order valence-electron chi connectivity index (χ0n) is 16.0. The number of rotatable bonds is 6. The first kappa shape index (κ1) is 20.3. The number of aromatic hydroxyl groups is 1. The lowest BCUT2D eigenvalue weighted by Gasteiger charge is -2.29. The van der Waals surface area contributed by atoms with Crippen LogP contribution >= 0.6 is 11.6 Å². The molecule has 6 nitrogen and oxygen atoms in total. The quantitative estimate of drug-likeness (QED) is 0.401. The second-order valence-corrected chi connectivity index (χ2v) is 7.63. The standard InChI is InChI=1S/C21H25ClN4O2/c1-16(17-6-8-19(27)9-7-17)23-24-21(28)15-26-12-10-25(11-13-26)14-18-4-2-3-5-20(18)22/h2-9,27H,10-15H2,1H3,(H,24,28)/p+2/b23-16+. The van der Waals surface area contributed by atoms with Crippen molar-refractivity contribution < 1.29 is 19.7 Å². The van der Waals surface area contributed by atoms with E-state index in [9.17, 15) is 9.90 Å². The van der Waals surface area contributed by atoms with Gasteiger partial charge in [0, 0.05) is 10.6 Å². The summed E-state index contributed by atoms with van der Waals surface area (Å²) in [7, 11) is 0. The van der Waals surface area contributed by atoms with E-state index in [0.717, 1.165) is 43.3 Å². The minimum Gasteiger partial charge on any atom is -0.508 e. The normalized spacial score (nSPS) is 20.0. The van der Waals surface area contributed by atoms with Gasteiger partial charge in [-0.1, -0.05) is 29.8 Å². The number of carbonyl (C=O) groups is 1. The number of phenols is 1.